The summed E-state index contributed by atoms with van der Waals surface area (Å²) in [4.78, 5) is 15.5. The monoisotopic (exact) mass is 320 g/mol. The normalized spacial score (nSPS) is 11.8. The van der Waals surface area contributed by atoms with Crippen LogP contribution in [0.3, 0.4) is 0 Å². The first-order valence-electron chi connectivity index (χ1n) is 6.11. The maximum atomic E-state index is 11.5. The number of pyridine rings is 1. The Labute approximate surface area is 128 Å². The number of anilines is 1. The van der Waals surface area contributed by atoms with Crippen molar-refractivity contribution in [2.24, 2.45) is 0 Å². The van der Waals surface area contributed by atoms with Crippen molar-refractivity contribution in [3.63, 3.8) is 0 Å². The SMILES string of the molecule is COCC(C)NC(=O)NCCNc1ncc(Cl)cc1Cl. The third-order valence-electron chi connectivity index (χ3n) is 2.30. The van der Waals surface area contributed by atoms with E-state index in [1.165, 1.54) is 6.20 Å². The molecular weight excluding hydrogens is 303 g/mol. The summed E-state index contributed by atoms with van der Waals surface area (Å²) in [6.45, 7) is 3.27. The van der Waals surface area contributed by atoms with Gasteiger partial charge in [0.15, 0.2) is 0 Å². The van der Waals surface area contributed by atoms with Crippen LogP contribution in [0.5, 0.6) is 0 Å². The highest BCUT2D eigenvalue weighted by Crippen LogP contribution is 2.21. The van der Waals surface area contributed by atoms with Crippen molar-refractivity contribution in [2.75, 3.05) is 32.1 Å². The number of urea groups is 1. The predicted molar refractivity (Wildman–Crippen MR) is 80.6 cm³/mol. The highest BCUT2D eigenvalue weighted by Gasteiger charge is 2.06. The molecule has 0 saturated heterocycles. The highest BCUT2D eigenvalue weighted by atomic mass is 35.5. The first-order valence-corrected chi connectivity index (χ1v) is 6.86. The lowest BCUT2D eigenvalue weighted by molar-refractivity contribution is 0.171. The van der Waals surface area contributed by atoms with Gasteiger partial charge in [-0.1, -0.05) is 23.2 Å². The molecule has 0 aliphatic carbocycles. The lowest BCUT2D eigenvalue weighted by atomic mass is 10.4. The predicted octanol–water partition coefficient (Wildman–Crippen LogP) is 2.13. The van der Waals surface area contributed by atoms with Crippen LogP contribution in [0.25, 0.3) is 0 Å². The fourth-order valence-electron chi connectivity index (χ4n) is 1.47. The number of hydrogen-bond acceptors (Lipinski definition) is 4. The molecule has 1 aromatic heterocycles. The number of hydrogen-bond donors (Lipinski definition) is 3. The van der Waals surface area contributed by atoms with Crippen molar-refractivity contribution in [1.82, 2.24) is 15.6 Å². The molecule has 0 radical (unpaired) electrons. The maximum Gasteiger partial charge on any atom is 0.315 e. The molecule has 0 bridgehead atoms. The molecule has 0 spiro atoms. The summed E-state index contributed by atoms with van der Waals surface area (Å²) in [5.74, 6) is 0.533. The van der Waals surface area contributed by atoms with Crippen molar-refractivity contribution in [2.45, 2.75) is 13.0 Å². The van der Waals surface area contributed by atoms with Gasteiger partial charge in [0.25, 0.3) is 0 Å². The average Bonchev–Trinajstić information content (AvgIpc) is 2.36. The number of methoxy groups -OCH3 is 1. The second-order valence-electron chi connectivity index (χ2n) is 4.17. The van der Waals surface area contributed by atoms with Gasteiger partial charge in [0, 0.05) is 26.4 Å². The van der Waals surface area contributed by atoms with E-state index in [9.17, 15) is 4.79 Å². The second kappa shape index (κ2) is 8.84. The number of halogens is 2. The summed E-state index contributed by atoms with van der Waals surface area (Å²) >= 11 is 11.7. The van der Waals surface area contributed by atoms with Gasteiger partial charge in [0.1, 0.15) is 5.82 Å². The van der Waals surface area contributed by atoms with Crippen LogP contribution in [-0.2, 0) is 4.74 Å². The molecule has 0 aliphatic rings. The van der Waals surface area contributed by atoms with Crippen molar-refractivity contribution in [3.05, 3.63) is 22.3 Å². The molecule has 1 aromatic rings. The zero-order valence-electron chi connectivity index (χ0n) is 11.4. The topological polar surface area (TPSA) is 75.3 Å². The Hall–Kier alpha value is -1.24. The van der Waals surface area contributed by atoms with Crippen LogP contribution in [0.4, 0.5) is 10.6 Å². The maximum absolute atomic E-state index is 11.5. The van der Waals surface area contributed by atoms with Crippen LogP contribution in [-0.4, -0.2) is 43.9 Å². The van der Waals surface area contributed by atoms with Gasteiger partial charge in [-0.25, -0.2) is 9.78 Å². The van der Waals surface area contributed by atoms with Gasteiger partial charge in [0.05, 0.1) is 22.7 Å². The molecule has 2 amide bonds. The molecule has 20 heavy (non-hydrogen) atoms. The van der Waals surface area contributed by atoms with Gasteiger partial charge >= 0.3 is 6.03 Å². The first kappa shape index (κ1) is 16.8. The summed E-state index contributed by atoms with van der Waals surface area (Å²) in [7, 11) is 1.59. The Morgan fingerprint density at radius 3 is 2.85 bits per heavy atom. The average molecular weight is 321 g/mol. The summed E-state index contributed by atoms with van der Waals surface area (Å²) in [5.41, 5.74) is 0. The van der Waals surface area contributed by atoms with E-state index in [1.807, 2.05) is 6.92 Å². The van der Waals surface area contributed by atoms with Gasteiger partial charge in [-0.05, 0) is 13.0 Å². The van der Waals surface area contributed by atoms with Gasteiger partial charge in [0.2, 0.25) is 0 Å². The van der Waals surface area contributed by atoms with E-state index in [0.29, 0.717) is 35.6 Å². The molecule has 0 aromatic carbocycles. The quantitative estimate of drug-likeness (QED) is 0.673. The summed E-state index contributed by atoms with van der Waals surface area (Å²) in [6, 6.07) is 1.32. The van der Waals surface area contributed by atoms with Gasteiger partial charge < -0.3 is 20.7 Å². The van der Waals surface area contributed by atoms with E-state index >= 15 is 0 Å². The molecule has 1 atom stereocenters. The molecule has 3 N–H and O–H groups in total. The summed E-state index contributed by atoms with van der Waals surface area (Å²) in [6.07, 6.45) is 1.50. The Balaban J connectivity index is 2.23. The Kier molecular flexibility index (Phi) is 7.43. The fourth-order valence-corrected chi connectivity index (χ4v) is 1.91. The number of nitrogens with zero attached hydrogens (tertiary/aromatic N) is 1. The molecule has 1 unspecified atom stereocenters. The standard InChI is InChI=1S/C12H18Cl2N4O2/c1-8(7-20-2)18-12(19)16-4-3-15-11-10(14)5-9(13)6-17-11/h5-6,8H,3-4,7H2,1-2H3,(H,15,17)(H2,16,18,19). The third kappa shape index (κ3) is 6.27. The third-order valence-corrected chi connectivity index (χ3v) is 2.80. The number of ether oxygens (including phenoxy) is 1. The van der Waals surface area contributed by atoms with E-state index in [4.69, 9.17) is 27.9 Å². The molecule has 1 rings (SSSR count). The molecule has 6 nitrogen and oxygen atoms in total. The molecular formula is C12H18Cl2N4O2. The van der Waals surface area contributed by atoms with Crippen LogP contribution < -0.4 is 16.0 Å². The van der Waals surface area contributed by atoms with Crippen molar-refractivity contribution >= 4 is 35.1 Å². The van der Waals surface area contributed by atoms with Crippen LogP contribution in [0.1, 0.15) is 6.92 Å². The van der Waals surface area contributed by atoms with Crippen LogP contribution in [0, 0.1) is 0 Å². The minimum Gasteiger partial charge on any atom is -0.383 e. The van der Waals surface area contributed by atoms with Gasteiger partial charge in [-0.15, -0.1) is 0 Å². The fraction of sp³-hybridized carbons (Fsp3) is 0.500. The summed E-state index contributed by atoms with van der Waals surface area (Å²) < 4.78 is 4.92. The van der Waals surface area contributed by atoms with E-state index < -0.39 is 0 Å². The molecule has 1 heterocycles. The van der Waals surface area contributed by atoms with Crippen molar-refractivity contribution in [3.8, 4) is 0 Å². The minimum atomic E-state index is -0.244. The number of amides is 2. The van der Waals surface area contributed by atoms with E-state index in [2.05, 4.69) is 20.9 Å². The molecule has 0 saturated carbocycles. The van der Waals surface area contributed by atoms with E-state index in [-0.39, 0.29) is 12.1 Å². The molecule has 0 fully saturated rings. The second-order valence-corrected chi connectivity index (χ2v) is 5.01. The number of carbonyl (C=O) groups excluding carboxylic acids is 1. The van der Waals surface area contributed by atoms with Crippen molar-refractivity contribution in [1.29, 1.82) is 0 Å². The van der Waals surface area contributed by atoms with Crippen LogP contribution >= 0.6 is 23.2 Å². The molecule has 112 valence electrons. The Morgan fingerprint density at radius 2 is 2.20 bits per heavy atom. The summed E-state index contributed by atoms with van der Waals surface area (Å²) in [5, 5.41) is 9.37. The van der Waals surface area contributed by atoms with E-state index in [1.54, 1.807) is 13.2 Å². The van der Waals surface area contributed by atoms with Crippen molar-refractivity contribution < 1.29 is 9.53 Å². The van der Waals surface area contributed by atoms with Crippen LogP contribution in [0.15, 0.2) is 12.3 Å². The zero-order valence-corrected chi connectivity index (χ0v) is 12.9. The van der Waals surface area contributed by atoms with Gasteiger partial charge in [-0.2, -0.15) is 0 Å². The van der Waals surface area contributed by atoms with E-state index in [0.717, 1.165) is 0 Å². The Morgan fingerprint density at radius 1 is 1.45 bits per heavy atom. The number of nitrogens with one attached hydrogen (secondary N) is 3. The Bertz CT molecular complexity index is 445. The lowest BCUT2D eigenvalue weighted by Crippen LogP contribution is -2.43. The first-order chi connectivity index (χ1) is 9.52. The molecule has 8 heteroatoms. The smallest absolute Gasteiger partial charge is 0.315 e. The number of rotatable bonds is 7. The largest absolute Gasteiger partial charge is 0.383 e. The van der Waals surface area contributed by atoms with Crippen LogP contribution in [0.2, 0.25) is 10.0 Å². The zero-order chi connectivity index (χ0) is 15.0. The lowest BCUT2D eigenvalue weighted by Gasteiger charge is -2.14. The highest BCUT2D eigenvalue weighted by molar-refractivity contribution is 6.35. The number of aromatic nitrogens is 1. The number of carbonyl (C=O) groups is 1. The molecule has 0 aliphatic heterocycles. The van der Waals surface area contributed by atoms with Gasteiger partial charge in [-0.3, -0.25) is 0 Å². The minimum absolute atomic E-state index is 0.0414.